The predicted molar refractivity (Wildman–Crippen MR) is 108 cm³/mol. The van der Waals surface area contributed by atoms with Crippen LogP contribution in [0.25, 0.3) is 0 Å². The third-order valence-corrected chi connectivity index (χ3v) is 5.09. The molecule has 25 heavy (non-hydrogen) atoms. The van der Waals surface area contributed by atoms with E-state index in [4.69, 9.17) is 4.52 Å². The van der Waals surface area contributed by atoms with Crippen LogP contribution in [0.5, 0.6) is 0 Å². The van der Waals surface area contributed by atoms with Gasteiger partial charge < -0.3 is 19.8 Å². The van der Waals surface area contributed by atoms with Crippen molar-refractivity contribution >= 4 is 29.9 Å². The van der Waals surface area contributed by atoms with E-state index < -0.39 is 0 Å². The van der Waals surface area contributed by atoms with Crippen molar-refractivity contribution in [3.63, 3.8) is 0 Å². The highest BCUT2D eigenvalue weighted by Crippen LogP contribution is 2.24. The number of halogens is 1. The van der Waals surface area contributed by atoms with Crippen LogP contribution in [0.15, 0.2) is 15.6 Å². The van der Waals surface area contributed by atoms with E-state index in [1.807, 2.05) is 20.0 Å². The summed E-state index contributed by atoms with van der Waals surface area (Å²) in [5, 5.41) is 17.5. The first-order chi connectivity index (χ1) is 11.7. The Bertz CT molecular complexity index is 557. The molecule has 1 aromatic rings. The van der Waals surface area contributed by atoms with Gasteiger partial charge in [-0.25, -0.2) is 0 Å². The van der Waals surface area contributed by atoms with Crippen LogP contribution in [-0.2, 0) is 6.54 Å². The van der Waals surface area contributed by atoms with Crippen molar-refractivity contribution in [2.75, 3.05) is 39.8 Å². The van der Waals surface area contributed by atoms with Crippen molar-refractivity contribution in [3.8, 4) is 0 Å². The molecule has 0 spiro atoms. The highest BCUT2D eigenvalue weighted by Gasteiger charge is 2.26. The first kappa shape index (κ1) is 20.4. The van der Waals surface area contributed by atoms with Gasteiger partial charge in [-0.1, -0.05) is 11.6 Å². The van der Waals surface area contributed by atoms with Gasteiger partial charge in [0.1, 0.15) is 5.76 Å². The molecule has 2 atom stereocenters. The molecule has 0 radical (unpaired) electrons. The van der Waals surface area contributed by atoms with Crippen molar-refractivity contribution in [1.82, 2.24) is 20.3 Å². The molecule has 1 saturated carbocycles. The summed E-state index contributed by atoms with van der Waals surface area (Å²) in [4.78, 5) is 9.10. The van der Waals surface area contributed by atoms with Crippen LogP contribution in [0.4, 0.5) is 0 Å². The number of aliphatic hydroxyl groups is 1. The lowest BCUT2D eigenvalue weighted by molar-refractivity contribution is 0.132. The minimum atomic E-state index is -0.154. The second-order valence-electron chi connectivity index (χ2n) is 6.88. The van der Waals surface area contributed by atoms with Crippen LogP contribution in [0, 0.1) is 12.8 Å². The van der Waals surface area contributed by atoms with Crippen molar-refractivity contribution in [2.24, 2.45) is 10.9 Å². The van der Waals surface area contributed by atoms with Crippen LogP contribution in [-0.4, -0.2) is 71.9 Å². The molecule has 1 saturated heterocycles. The number of rotatable bonds is 4. The molecular formula is C17H30IN5O2. The van der Waals surface area contributed by atoms with Gasteiger partial charge in [0.15, 0.2) is 5.96 Å². The SMILES string of the molecule is CN=C(NCC1CCCC1O)N1CCN(Cc2cc(C)on2)CC1.I. The number of nitrogens with one attached hydrogen (secondary N) is 1. The number of hydrogen-bond donors (Lipinski definition) is 2. The van der Waals surface area contributed by atoms with Gasteiger partial charge in [-0.05, 0) is 19.8 Å². The predicted octanol–water partition coefficient (Wildman–Crippen LogP) is 1.46. The number of aryl methyl sites for hydroxylation is 1. The number of nitrogens with zero attached hydrogens (tertiary/aromatic N) is 4. The summed E-state index contributed by atoms with van der Waals surface area (Å²) >= 11 is 0. The van der Waals surface area contributed by atoms with Crippen LogP contribution < -0.4 is 5.32 Å². The van der Waals surface area contributed by atoms with E-state index in [0.717, 1.165) is 75.9 Å². The summed E-state index contributed by atoms with van der Waals surface area (Å²) in [6.07, 6.45) is 3.02. The summed E-state index contributed by atoms with van der Waals surface area (Å²) in [6.45, 7) is 7.44. The van der Waals surface area contributed by atoms with E-state index in [1.54, 1.807) is 0 Å². The fraction of sp³-hybridized carbons (Fsp3) is 0.765. The molecule has 142 valence electrons. The van der Waals surface area contributed by atoms with Crippen LogP contribution in [0.2, 0.25) is 0 Å². The van der Waals surface area contributed by atoms with E-state index in [2.05, 4.69) is 25.3 Å². The molecule has 2 heterocycles. The number of guanidine groups is 1. The van der Waals surface area contributed by atoms with E-state index in [9.17, 15) is 5.11 Å². The topological polar surface area (TPSA) is 77.1 Å². The minimum absolute atomic E-state index is 0. The standard InChI is InChI=1S/C17H29N5O2.HI/c1-13-10-15(20-24-13)12-21-6-8-22(9-7-21)17(18-2)19-11-14-4-3-5-16(14)23;/h10,14,16,23H,3-9,11-12H2,1-2H3,(H,18,19);1H. The minimum Gasteiger partial charge on any atom is -0.393 e. The Hall–Kier alpha value is -0.870. The monoisotopic (exact) mass is 463 g/mol. The summed E-state index contributed by atoms with van der Waals surface area (Å²) in [5.74, 6) is 2.17. The quantitative estimate of drug-likeness (QED) is 0.400. The van der Waals surface area contributed by atoms with E-state index in [0.29, 0.717) is 5.92 Å². The molecule has 0 aromatic carbocycles. The van der Waals surface area contributed by atoms with Gasteiger partial charge in [0.2, 0.25) is 0 Å². The molecule has 0 amide bonds. The van der Waals surface area contributed by atoms with E-state index in [-0.39, 0.29) is 30.1 Å². The molecule has 2 aliphatic rings. The molecule has 3 rings (SSSR count). The first-order valence-electron chi connectivity index (χ1n) is 8.94. The lowest BCUT2D eigenvalue weighted by Crippen LogP contribution is -2.53. The number of piperazine rings is 1. The Morgan fingerprint density at radius 1 is 1.36 bits per heavy atom. The second-order valence-corrected chi connectivity index (χ2v) is 6.88. The zero-order valence-electron chi connectivity index (χ0n) is 15.1. The van der Waals surface area contributed by atoms with Crippen LogP contribution >= 0.6 is 24.0 Å². The maximum Gasteiger partial charge on any atom is 0.193 e. The Morgan fingerprint density at radius 2 is 2.12 bits per heavy atom. The van der Waals surface area contributed by atoms with Crippen molar-refractivity contribution in [2.45, 2.75) is 38.8 Å². The third kappa shape index (κ3) is 5.55. The van der Waals surface area contributed by atoms with E-state index in [1.165, 1.54) is 0 Å². The molecule has 2 fully saturated rings. The highest BCUT2D eigenvalue weighted by atomic mass is 127. The molecule has 2 unspecified atom stereocenters. The molecule has 2 N–H and O–H groups in total. The summed E-state index contributed by atoms with van der Waals surface area (Å²) < 4.78 is 5.14. The molecule has 8 heteroatoms. The number of aliphatic imine (C=N–C) groups is 1. The zero-order chi connectivity index (χ0) is 16.9. The molecule has 1 aromatic heterocycles. The average molecular weight is 463 g/mol. The number of aliphatic hydroxyl groups excluding tert-OH is 1. The molecule has 1 aliphatic carbocycles. The largest absolute Gasteiger partial charge is 0.393 e. The smallest absolute Gasteiger partial charge is 0.193 e. The normalized spacial score (nSPS) is 25.1. The van der Waals surface area contributed by atoms with Gasteiger partial charge in [0.05, 0.1) is 11.8 Å². The van der Waals surface area contributed by atoms with Crippen molar-refractivity contribution in [1.29, 1.82) is 0 Å². The molecular weight excluding hydrogens is 433 g/mol. The highest BCUT2D eigenvalue weighted by molar-refractivity contribution is 14.0. The summed E-state index contributed by atoms with van der Waals surface area (Å²) in [6, 6.07) is 2.00. The maximum absolute atomic E-state index is 9.95. The van der Waals surface area contributed by atoms with E-state index >= 15 is 0 Å². The molecule has 7 nitrogen and oxygen atoms in total. The Balaban J connectivity index is 0.00000225. The second kappa shape index (κ2) is 9.72. The lowest BCUT2D eigenvalue weighted by Gasteiger charge is -2.36. The first-order valence-corrected chi connectivity index (χ1v) is 8.94. The number of hydrogen-bond acceptors (Lipinski definition) is 5. The van der Waals surface area contributed by atoms with Gasteiger partial charge >= 0.3 is 0 Å². The average Bonchev–Trinajstić information content (AvgIpc) is 3.18. The zero-order valence-corrected chi connectivity index (χ0v) is 17.5. The molecule has 0 bridgehead atoms. The molecule has 1 aliphatic heterocycles. The Morgan fingerprint density at radius 3 is 2.68 bits per heavy atom. The maximum atomic E-state index is 9.95. The van der Waals surface area contributed by atoms with Gasteiger partial charge in [-0.15, -0.1) is 24.0 Å². The van der Waals surface area contributed by atoms with Crippen molar-refractivity contribution < 1.29 is 9.63 Å². The Kier molecular flexibility index (Phi) is 7.95. The van der Waals surface area contributed by atoms with Gasteiger partial charge in [-0.3, -0.25) is 9.89 Å². The summed E-state index contributed by atoms with van der Waals surface area (Å²) in [7, 11) is 1.83. The summed E-state index contributed by atoms with van der Waals surface area (Å²) in [5.41, 5.74) is 0.999. The van der Waals surface area contributed by atoms with Crippen LogP contribution in [0.3, 0.4) is 0 Å². The van der Waals surface area contributed by atoms with Gasteiger partial charge in [0.25, 0.3) is 0 Å². The van der Waals surface area contributed by atoms with Gasteiger partial charge in [0, 0.05) is 58.3 Å². The van der Waals surface area contributed by atoms with Crippen molar-refractivity contribution in [3.05, 3.63) is 17.5 Å². The number of aromatic nitrogens is 1. The third-order valence-electron chi connectivity index (χ3n) is 5.09. The van der Waals surface area contributed by atoms with Gasteiger partial charge in [-0.2, -0.15) is 0 Å². The fourth-order valence-corrected chi connectivity index (χ4v) is 3.65. The fourth-order valence-electron chi connectivity index (χ4n) is 3.65. The van der Waals surface area contributed by atoms with Crippen LogP contribution in [0.1, 0.15) is 30.7 Å². The lowest BCUT2D eigenvalue weighted by atomic mass is 10.1. The Labute approximate surface area is 166 Å².